The van der Waals surface area contributed by atoms with Gasteiger partial charge >= 0.3 is 0 Å². The highest BCUT2D eigenvalue weighted by molar-refractivity contribution is 4.98. The van der Waals surface area contributed by atoms with Gasteiger partial charge < -0.3 is 15.1 Å². The van der Waals surface area contributed by atoms with E-state index in [2.05, 4.69) is 50.1 Å². The second kappa shape index (κ2) is 6.17. The molecule has 1 saturated carbocycles. The van der Waals surface area contributed by atoms with E-state index in [0.717, 1.165) is 6.54 Å². The van der Waals surface area contributed by atoms with Crippen LogP contribution >= 0.6 is 0 Å². The SMILES string of the molecule is CNCC(C)C(C)N(C)CC1(N(C)C)CCC1. The second-order valence-electron chi connectivity index (χ2n) is 6.16. The Morgan fingerprint density at radius 2 is 1.76 bits per heavy atom. The van der Waals surface area contributed by atoms with E-state index in [0.29, 0.717) is 17.5 Å². The molecule has 0 radical (unpaired) electrons. The van der Waals surface area contributed by atoms with Crippen molar-refractivity contribution >= 4 is 0 Å². The molecule has 1 fully saturated rings. The molecule has 0 aromatic heterocycles. The van der Waals surface area contributed by atoms with Crippen LogP contribution in [0.1, 0.15) is 33.1 Å². The Morgan fingerprint density at radius 1 is 1.18 bits per heavy atom. The molecule has 0 aliphatic heterocycles. The summed E-state index contributed by atoms with van der Waals surface area (Å²) in [5.74, 6) is 0.698. The van der Waals surface area contributed by atoms with E-state index in [4.69, 9.17) is 0 Å². The van der Waals surface area contributed by atoms with Gasteiger partial charge in [-0.05, 0) is 66.8 Å². The van der Waals surface area contributed by atoms with E-state index in [1.54, 1.807) is 0 Å². The molecule has 0 aromatic carbocycles. The molecule has 0 spiro atoms. The number of hydrogen-bond donors (Lipinski definition) is 1. The molecule has 102 valence electrons. The zero-order chi connectivity index (χ0) is 13.1. The summed E-state index contributed by atoms with van der Waals surface area (Å²) < 4.78 is 0. The third-order valence-corrected chi connectivity index (χ3v) is 4.82. The molecule has 17 heavy (non-hydrogen) atoms. The van der Waals surface area contributed by atoms with Gasteiger partial charge in [-0.2, -0.15) is 0 Å². The molecule has 2 unspecified atom stereocenters. The Balaban J connectivity index is 2.49. The topological polar surface area (TPSA) is 18.5 Å². The van der Waals surface area contributed by atoms with Crippen molar-refractivity contribution in [3.8, 4) is 0 Å². The highest BCUT2D eigenvalue weighted by Gasteiger charge is 2.40. The Labute approximate surface area is 108 Å². The Hall–Kier alpha value is -0.120. The van der Waals surface area contributed by atoms with Crippen molar-refractivity contribution in [1.82, 2.24) is 15.1 Å². The van der Waals surface area contributed by atoms with Gasteiger partial charge in [0.2, 0.25) is 0 Å². The first-order valence-electron chi connectivity index (χ1n) is 6.95. The minimum absolute atomic E-state index is 0.447. The first-order chi connectivity index (χ1) is 7.93. The van der Waals surface area contributed by atoms with Crippen molar-refractivity contribution in [2.24, 2.45) is 5.92 Å². The molecule has 1 N–H and O–H groups in total. The Kier molecular flexibility index (Phi) is 5.42. The molecule has 0 heterocycles. The van der Waals surface area contributed by atoms with Crippen molar-refractivity contribution in [2.45, 2.75) is 44.7 Å². The van der Waals surface area contributed by atoms with Gasteiger partial charge in [0.1, 0.15) is 0 Å². The molecule has 1 rings (SSSR count). The van der Waals surface area contributed by atoms with E-state index >= 15 is 0 Å². The lowest BCUT2D eigenvalue weighted by molar-refractivity contribution is 0.0117. The number of likely N-dealkylation sites (N-methyl/N-ethyl adjacent to an activating group) is 2. The summed E-state index contributed by atoms with van der Waals surface area (Å²) in [5, 5.41) is 3.28. The van der Waals surface area contributed by atoms with E-state index in [9.17, 15) is 0 Å². The van der Waals surface area contributed by atoms with Crippen LogP contribution in [0.2, 0.25) is 0 Å². The Morgan fingerprint density at radius 3 is 2.12 bits per heavy atom. The van der Waals surface area contributed by atoms with Crippen LogP contribution in [-0.4, -0.2) is 62.7 Å². The first kappa shape index (κ1) is 14.9. The minimum Gasteiger partial charge on any atom is -0.319 e. The fourth-order valence-corrected chi connectivity index (χ4v) is 2.87. The van der Waals surface area contributed by atoms with Gasteiger partial charge in [0.25, 0.3) is 0 Å². The fraction of sp³-hybridized carbons (Fsp3) is 1.00. The molecular weight excluding hydrogens is 210 g/mol. The molecule has 3 heteroatoms. The summed E-state index contributed by atoms with van der Waals surface area (Å²) in [7, 11) is 8.78. The highest BCUT2D eigenvalue weighted by Crippen LogP contribution is 2.37. The number of hydrogen-bond acceptors (Lipinski definition) is 3. The van der Waals surface area contributed by atoms with E-state index in [1.165, 1.54) is 25.8 Å². The Bertz CT molecular complexity index is 224. The maximum absolute atomic E-state index is 3.28. The van der Waals surface area contributed by atoms with Crippen molar-refractivity contribution in [3.63, 3.8) is 0 Å². The lowest BCUT2D eigenvalue weighted by Crippen LogP contribution is -2.58. The van der Waals surface area contributed by atoms with E-state index in [1.807, 2.05) is 7.05 Å². The molecule has 2 atom stereocenters. The average molecular weight is 241 g/mol. The monoisotopic (exact) mass is 241 g/mol. The van der Waals surface area contributed by atoms with Crippen LogP contribution in [0.15, 0.2) is 0 Å². The van der Waals surface area contributed by atoms with Gasteiger partial charge in [0.05, 0.1) is 0 Å². The van der Waals surface area contributed by atoms with Gasteiger partial charge in [-0.1, -0.05) is 6.92 Å². The summed E-state index contributed by atoms with van der Waals surface area (Å²) in [6, 6.07) is 0.639. The zero-order valence-corrected chi connectivity index (χ0v) is 12.6. The van der Waals surface area contributed by atoms with Crippen LogP contribution < -0.4 is 5.32 Å². The summed E-state index contributed by atoms with van der Waals surface area (Å²) in [6.07, 6.45) is 4.11. The van der Waals surface area contributed by atoms with Crippen molar-refractivity contribution in [2.75, 3.05) is 41.3 Å². The lowest BCUT2D eigenvalue weighted by Gasteiger charge is -2.50. The van der Waals surface area contributed by atoms with Gasteiger partial charge in [-0.25, -0.2) is 0 Å². The lowest BCUT2D eigenvalue weighted by atomic mass is 9.75. The molecule has 3 nitrogen and oxygen atoms in total. The number of rotatable bonds is 7. The number of nitrogens with zero attached hydrogens (tertiary/aromatic N) is 2. The molecule has 0 amide bonds. The molecule has 0 aromatic rings. The van der Waals surface area contributed by atoms with Gasteiger partial charge in [-0.15, -0.1) is 0 Å². The first-order valence-corrected chi connectivity index (χ1v) is 6.95. The maximum atomic E-state index is 3.28. The van der Waals surface area contributed by atoms with Crippen LogP contribution in [0.3, 0.4) is 0 Å². The maximum Gasteiger partial charge on any atom is 0.0330 e. The molecule has 0 bridgehead atoms. The van der Waals surface area contributed by atoms with E-state index in [-0.39, 0.29) is 0 Å². The van der Waals surface area contributed by atoms with Crippen LogP contribution in [0.5, 0.6) is 0 Å². The second-order valence-corrected chi connectivity index (χ2v) is 6.16. The summed E-state index contributed by atoms with van der Waals surface area (Å²) >= 11 is 0. The van der Waals surface area contributed by atoms with Crippen molar-refractivity contribution in [3.05, 3.63) is 0 Å². The van der Waals surface area contributed by atoms with Crippen LogP contribution in [0.4, 0.5) is 0 Å². The van der Waals surface area contributed by atoms with Gasteiger partial charge in [0, 0.05) is 18.1 Å². The van der Waals surface area contributed by atoms with Crippen LogP contribution in [-0.2, 0) is 0 Å². The third-order valence-electron chi connectivity index (χ3n) is 4.82. The van der Waals surface area contributed by atoms with Crippen LogP contribution in [0, 0.1) is 5.92 Å². The zero-order valence-electron chi connectivity index (χ0n) is 12.6. The normalized spacial score (nSPS) is 22.6. The van der Waals surface area contributed by atoms with Crippen LogP contribution in [0.25, 0.3) is 0 Å². The van der Waals surface area contributed by atoms with Gasteiger partial charge in [0.15, 0.2) is 0 Å². The highest BCUT2D eigenvalue weighted by atomic mass is 15.2. The molecule has 1 aliphatic carbocycles. The minimum atomic E-state index is 0.447. The fourth-order valence-electron chi connectivity index (χ4n) is 2.87. The summed E-state index contributed by atoms with van der Waals surface area (Å²) in [4.78, 5) is 4.98. The van der Waals surface area contributed by atoms with E-state index < -0.39 is 0 Å². The molecule has 0 saturated heterocycles. The predicted octanol–water partition coefficient (Wildman–Crippen LogP) is 1.65. The molecule has 1 aliphatic rings. The quantitative estimate of drug-likeness (QED) is 0.731. The largest absolute Gasteiger partial charge is 0.319 e. The average Bonchev–Trinajstić information content (AvgIpc) is 2.21. The third kappa shape index (κ3) is 3.43. The smallest absolute Gasteiger partial charge is 0.0330 e. The van der Waals surface area contributed by atoms with Gasteiger partial charge in [-0.3, -0.25) is 0 Å². The summed E-state index contributed by atoms with van der Waals surface area (Å²) in [5.41, 5.74) is 0.447. The predicted molar refractivity (Wildman–Crippen MR) is 75.5 cm³/mol. The standard InChI is InChI=1S/C14H31N3/c1-12(10-15-3)13(2)17(6)11-14(16(4)5)8-7-9-14/h12-13,15H,7-11H2,1-6H3. The number of nitrogens with one attached hydrogen (secondary N) is 1. The summed E-state index contributed by atoms with van der Waals surface area (Å²) in [6.45, 7) is 6.99. The van der Waals surface area contributed by atoms with Crippen molar-refractivity contribution in [1.29, 1.82) is 0 Å². The molecular formula is C14H31N3. The van der Waals surface area contributed by atoms with Crippen molar-refractivity contribution < 1.29 is 0 Å².